The van der Waals surface area contributed by atoms with Crippen molar-refractivity contribution in [2.75, 3.05) is 7.11 Å². The molecule has 1 aromatic carbocycles. The van der Waals surface area contributed by atoms with E-state index in [0.29, 0.717) is 12.2 Å². The average molecular weight is 228 g/mol. The van der Waals surface area contributed by atoms with Crippen LogP contribution in [0.2, 0.25) is 0 Å². The molecule has 2 rings (SSSR count). The molecule has 17 heavy (non-hydrogen) atoms. The van der Waals surface area contributed by atoms with Gasteiger partial charge in [-0.1, -0.05) is 18.2 Å². The van der Waals surface area contributed by atoms with E-state index in [9.17, 15) is 0 Å². The molecule has 1 N–H and O–H groups in total. The Morgan fingerprint density at radius 3 is 3.00 bits per heavy atom. The minimum absolute atomic E-state index is 0.225. The summed E-state index contributed by atoms with van der Waals surface area (Å²) in [4.78, 5) is 4.23. The van der Waals surface area contributed by atoms with Gasteiger partial charge in [0, 0.05) is 12.0 Å². The molecule has 0 aliphatic rings. The van der Waals surface area contributed by atoms with E-state index in [-0.39, 0.29) is 6.42 Å². The van der Waals surface area contributed by atoms with Crippen LogP contribution in [-0.2, 0) is 12.8 Å². The second-order valence-electron chi connectivity index (χ2n) is 3.52. The van der Waals surface area contributed by atoms with Crippen LogP contribution in [0.15, 0.2) is 24.3 Å². The van der Waals surface area contributed by atoms with Crippen LogP contribution in [0.3, 0.4) is 0 Å². The minimum Gasteiger partial charge on any atom is -0.496 e. The highest BCUT2D eigenvalue weighted by Gasteiger charge is 2.07. The number of H-pyrrole nitrogens is 1. The molecule has 0 amide bonds. The number of aromatic nitrogens is 3. The molecule has 5 nitrogen and oxygen atoms in total. The van der Waals surface area contributed by atoms with Crippen LogP contribution < -0.4 is 4.74 Å². The number of nitrogens with one attached hydrogen (secondary N) is 1. The fourth-order valence-electron chi connectivity index (χ4n) is 1.59. The van der Waals surface area contributed by atoms with E-state index >= 15 is 0 Å². The predicted molar refractivity (Wildman–Crippen MR) is 61.5 cm³/mol. The van der Waals surface area contributed by atoms with Crippen molar-refractivity contribution < 1.29 is 4.74 Å². The Balaban J connectivity index is 2.17. The molecule has 0 fully saturated rings. The van der Waals surface area contributed by atoms with Crippen molar-refractivity contribution >= 4 is 0 Å². The van der Waals surface area contributed by atoms with Crippen molar-refractivity contribution in [1.82, 2.24) is 15.2 Å². The summed E-state index contributed by atoms with van der Waals surface area (Å²) < 4.78 is 5.26. The van der Waals surface area contributed by atoms with E-state index in [0.717, 1.165) is 17.1 Å². The number of ether oxygens (including phenoxy) is 1. The number of hydrogen-bond acceptors (Lipinski definition) is 4. The van der Waals surface area contributed by atoms with Crippen LogP contribution in [0.5, 0.6) is 5.75 Å². The van der Waals surface area contributed by atoms with Crippen molar-refractivity contribution in [2.45, 2.75) is 12.8 Å². The van der Waals surface area contributed by atoms with Gasteiger partial charge < -0.3 is 4.74 Å². The summed E-state index contributed by atoms with van der Waals surface area (Å²) in [6.45, 7) is 0. The Bertz CT molecular complexity index is 541. The number of methoxy groups -OCH3 is 1. The van der Waals surface area contributed by atoms with Gasteiger partial charge in [0.25, 0.3) is 0 Å². The maximum absolute atomic E-state index is 8.54. The molecule has 0 aliphatic heterocycles. The van der Waals surface area contributed by atoms with E-state index in [2.05, 4.69) is 15.2 Å². The fourth-order valence-corrected chi connectivity index (χ4v) is 1.59. The second-order valence-corrected chi connectivity index (χ2v) is 3.52. The van der Waals surface area contributed by atoms with Gasteiger partial charge in [0.15, 0.2) is 5.82 Å². The molecule has 0 bridgehead atoms. The highest BCUT2D eigenvalue weighted by Crippen LogP contribution is 2.19. The highest BCUT2D eigenvalue weighted by atomic mass is 16.5. The van der Waals surface area contributed by atoms with E-state index in [4.69, 9.17) is 10.00 Å². The van der Waals surface area contributed by atoms with Crippen molar-refractivity contribution in [1.29, 1.82) is 5.26 Å². The molecular formula is C12H12N4O. The molecule has 0 unspecified atom stereocenters. The molecule has 2 aromatic rings. The van der Waals surface area contributed by atoms with Gasteiger partial charge in [-0.15, -0.1) is 0 Å². The number of hydrogen-bond donors (Lipinski definition) is 1. The van der Waals surface area contributed by atoms with Gasteiger partial charge in [-0.25, -0.2) is 4.98 Å². The predicted octanol–water partition coefficient (Wildman–Crippen LogP) is 1.47. The first kappa shape index (κ1) is 11.1. The molecule has 1 heterocycles. The summed E-state index contributed by atoms with van der Waals surface area (Å²) >= 11 is 0. The Kier molecular flexibility index (Phi) is 3.36. The lowest BCUT2D eigenvalue weighted by molar-refractivity contribution is 0.410. The topological polar surface area (TPSA) is 74.6 Å². The lowest BCUT2D eigenvalue weighted by Gasteiger charge is -2.05. The third-order valence-corrected chi connectivity index (χ3v) is 2.37. The first-order chi connectivity index (χ1) is 8.33. The van der Waals surface area contributed by atoms with Gasteiger partial charge in [-0.05, 0) is 6.07 Å². The van der Waals surface area contributed by atoms with E-state index in [1.54, 1.807) is 7.11 Å². The zero-order valence-electron chi connectivity index (χ0n) is 9.47. The Morgan fingerprint density at radius 2 is 2.24 bits per heavy atom. The van der Waals surface area contributed by atoms with Crippen molar-refractivity contribution in [3.05, 3.63) is 41.5 Å². The molecule has 0 aliphatic carbocycles. The van der Waals surface area contributed by atoms with E-state index in [1.165, 1.54) is 0 Å². The molecule has 0 saturated heterocycles. The standard InChI is InChI=1S/C12H12N4O/c1-17-10-5-3-2-4-9(10)8-12-14-11(6-7-13)15-16-12/h2-5H,6,8H2,1H3,(H,14,15,16). The molecule has 0 atom stereocenters. The van der Waals surface area contributed by atoms with Crippen LogP contribution in [0.4, 0.5) is 0 Å². The number of rotatable bonds is 4. The number of nitriles is 1. The van der Waals surface area contributed by atoms with E-state index < -0.39 is 0 Å². The Hall–Kier alpha value is -2.35. The third-order valence-electron chi connectivity index (χ3n) is 2.37. The smallest absolute Gasteiger partial charge is 0.164 e. The highest BCUT2D eigenvalue weighted by molar-refractivity contribution is 5.35. The van der Waals surface area contributed by atoms with Crippen molar-refractivity contribution in [3.63, 3.8) is 0 Å². The second kappa shape index (κ2) is 5.12. The van der Waals surface area contributed by atoms with Gasteiger partial charge in [0.1, 0.15) is 11.6 Å². The van der Waals surface area contributed by atoms with Crippen LogP contribution in [0.1, 0.15) is 17.2 Å². The summed E-state index contributed by atoms with van der Waals surface area (Å²) in [5, 5.41) is 15.3. The van der Waals surface area contributed by atoms with Crippen molar-refractivity contribution in [3.8, 4) is 11.8 Å². The molecule has 5 heteroatoms. The normalized spacial score (nSPS) is 9.88. The number of benzene rings is 1. The monoisotopic (exact) mass is 228 g/mol. The van der Waals surface area contributed by atoms with Gasteiger partial charge in [-0.3, -0.25) is 5.10 Å². The van der Waals surface area contributed by atoms with Crippen molar-refractivity contribution in [2.24, 2.45) is 0 Å². The quantitative estimate of drug-likeness (QED) is 0.859. The largest absolute Gasteiger partial charge is 0.496 e. The first-order valence-electron chi connectivity index (χ1n) is 5.22. The lowest BCUT2D eigenvalue weighted by atomic mass is 10.1. The summed E-state index contributed by atoms with van der Waals surface area (Å²) in [5.41, 5.74) is 1.04. The molecule has 1 aromatic heterocycles. The SMILES string of the molecule is COc1ccccc1Cc1nc(CC#N)n[nH]1. The Labute approximate surface area is 99.1 Å². The third kappa shape index (κ3) is 2.61. The van der Waals surface area contributed by atoms with Crippen LogP contribution in [0.25, 0.3) is 0 Å². The zero-order valence-corrected chi connectivity index (χ0v) is 9.47. The maximum atomic E-state index is 8.54. The molecule has 0 radical (unpaired) electrons. The lowest BCUT2D eigenvalue weighted by Crippen LogP contribution is -1.95. The average Bonchev–Trinajstić information content (AvgIpc) is 2.78. The zero-order chi connectivity index (χ0) is 12.1. The number of nitrogens with zero attached hydrogens (tertiary/aromatic N) is 3. The summed E-state index contributed by atoms with van der Waals surface area (Å²) in [6.07, 6.45) is 0.838. The Morgan fingerprint density at radius 1 is 1.41 bits per heavy atom. The maximum Gasteiger partial charge on any atom is 0.164 e. The molecule has 0 spiro atoms. The summed E-state index contributed by atoms with van der Waals surface area (Å²) in [7, 11) is 1.64. The number of para-hydroxylation sites is 1. The van der Waals surface area contributed by atoms with Gasteiger partial charge in [0.05, 0.1) is 19.6 Å². The van der Waals surface area contributed by atoms with Crippen LogP contribution in [0, 0.1) is 11.3 Å². The van der Waals surface area contributed by atoms with Gasteiger partial charge in [-0.2, -0.15) is 10.4 Å². The minimum atomic E-state index is 0.225. The molecule has 86 valence electrons. The molecular weight excluding hydrogens is 216 g/mol. The fraction of sp³-hybridized carbons (Fsp3) is 0.250. The first-order valence-corrected chi connectivity index (χ1v) is 5.22. The van der Waals surface area contributed by atoms with Gasteiger partial charge >= 0.3 is 0 Å². The summed E-state index contributed by atoms with van der Waals surface area (Å²) in [5.74, 6) is 2.09. The van der Waals surface area contributed by atoms with E-state index in [1.807, 2.05) is 30.3 Å². The summed E-state index contributed by atoms with van der Waals surface area (Å²) in [6, 6.07) is 9.77. The van der Waals surface area contributed by atoms with Crippen LogP contribution in [-0.4, -0.2) is 22.3 Å². The number of aromatic amines is 1. The van der Waals surface area contributed by atoms with Crippen LogP contribution >= 0.6 is 0 Å². The molecule has 0 saturated carbocycles. The van der Waals surface area contributed by atoms with Gasteiger partial charge in [0.2, 0.25) is 0 Å².